The molecular formula is C16H11ClN2O. The molecule has 98 valence electrons. The minimum absolute atomic E-state index is 0.359. The molecule has 2 N–H and O–H groups in total. The van der Waals surface area contributed by atoms with Gasteiger partial charge in [-0.05, 0) is 23.8 Å². The van der Waals surface area contributed by atoms with E-state index in [1.165, 1.54) is 0 Å². The van der Waals surface area contributed by atoms with Crippen LogP contribution < -0.4 is 5.73 Å². The van der Waals surface area contributed by atoms with Crippen molar-refractivity contribution in [2.45, 2.75) is 0 Å². The maximum atomic E-state index is 11.5. The number of pyridine rings is 1. The largest absolute Gasteiger partial charge is 0.366 e. The molecule has 3 nitrogen and oxygen atoms in total. The lowest BCUT2D eigenvalue weighted by Gasteiger charge is -2.09. The van der Waals surface area contributed by atoms with Gasteiger partial charge in [-0.3, -0.25) is 4.79 Å². The lowest BCUT2D eigenvalue weighted by molar-refractivity contribution is 0.100. The highest BCUT2D eigenvalue weighted by molar-refractivity contribution is 6.33. The number of primary amides is 1. The summed E-state index contributed by atoms with van der Waals surface area (Å²) in [6.45, 7) is 0. The number of nitrogens with two attached hydrogens (primary N) is 1. The predicted octanol–water partition coefficient (Wildman–Crippen LogP) is 3.65. The van der Waals surface area contributed by atoms with Gasteiger partial charge in [0, 0.05) is 16.5 Å². The summed E-state index contributed by atoms with van der Waals surface area (Å²) in [4.78, 5) is 15.9. The molecule has 1 amide bonds. The number of para-hydroxylation sites is 1. The average Bonchev–Trinajstić information content (AvgIpc) is 2.46. The van der Waals surface area contributed by atoms with Gasteiger partial charge in [0.05, 0.1) is 5.52 Å². The SMILES string of the molecule is NC(=O)c1ccccc1-c1cc2ccccc2nc1Cl. The first-order valence-electron chi connectivity index (χ1n) is 6.11. The van der Waals surface area contributed by atoms with Gasteiger partial charge in [0.2, 0.25) is 5.91 Å². The summed E-state index contributed by atoms with van der Waals surface area (Å²) in [6.07, 6.45) is 0. The molecule has 0 saturated carbocycles. The van der Waals surface area contributed by atoms with Gasteiger partial charge in [0.1, 0.15) is 5.15 Å². The Hall–Kier alpha value is -2.39. The van der Waals surface area contributed by atoms with Crippen LogP contribution >= 0.6 is 11.6 Å². The summed E-state index contributed by atoms with van der Waals surface area (Å²) in [5, 5.41) is 1.32. The van der Waals surface area contributed by atoms with Gasteiger partial charge in [-0.1, -0.05) is 48.0 Å². The summed E-state index contributed by atoms with van der Waals surface area (Å²) >= 11 is 6.25. The molecule has 1 heterocycles. The molecule has 0 saturated heterocycles. The standard InChI is InChI=1S/C16H11ClN2O/c17-15-13(9-10-5-1-4-8-14(10)19-15)11-6-2-3-7-12(11)16(18)20/h1-9H,(H2,18,20). The number of halogens is 1. The van der Waals surface area contributed by atoms with Gasteiger partial charge >= 0.3 is 0 Å². The van der Waals surface area contributed by atoms with Crippen LogP contribution in [0, 0.1) is 0 Å². The zero-order valence-electron chi connectivity index (χ0n) is 10.5. The highest BCUT2D eigenvalue weighted by Gasteiger charge is 2.13. The number of amides is 1. The second-order valence-electron chi connectivity index (χ2n) is 4.43. The molecule has 4 heteroatoms. The Balaban J connectivity index is 2.29. The first kappa shape index (κ1) is 12.6. The number of carbonyl (C=O) groups is 1. The molecule has 20 heavy (non-hydrogen) atoms. The number of hydrogen-bond acceptors (Lipinski definition) is 2. The molecule has 3 rings (SSSR count). The van der Waals surface area contributed by atoms with E-state index in [0.717, 1.165) is 10.9 Å². The number of fused-ring (bicyclic) bond motifs is 1. The van der Waals surface area contributed by atoms with Crippen LogP contribution in [0.2, 0.25) is 5.15 Å². The second-order valence-corrected chi connectivity index (χ2v) is 4.79. The Morgan fingerprint density at radius 3 is 2.50 bits per heavy atom. The van der Waals surface area contributed by atoms with Crippen LogP contribution in [-0.4, -0.2) is 10.9 Å². The molecule has 0 unspecified atom stereocenters. The van der Waals surface area contributed by atoms with E-state index in [2.05, 4.69) is 4.98 Å². The monoisotopic (exact) mass is 282 g/mol. The zero-order chi connectivity index (χ0) is 14.1. The number of hydrogen-bond donors (Lipinski definition) is 1. The van der Waals surface area contributed by atoms with Crippen LogP contribution in [0.25, 0.3) is 22.0 Å². The van der Waals surface area contributed by atoms with E-state index < -0.39 is 5.91 Å². The van der Waals surface area contributed by atoms with E-state index in [9.17, 15) is 4.79 Å². The maximum Gasteiger partial charge on any atom is 0.249 e. The summed E-state index contributed by atoms with van der Waals surface area (Å²) in [6, 6.07) is 16.7. The minimum atomic E-state index is -0.482. The van der Waals surface area contributed by atoms with E-state index in [-0.39, 0.29) is 0 Å². The van der Waals surface area contributed by atoms with Crippen molar-refractivity contribution >= 4 is 28.4 Å². The van der Waals surface area contributed by atoms with Crippen molar-refractivity contribution in [2.24, 2.45) is 5.73 Å². The molecule has 0 bridgehead atoms. The topological polar surface area (TPSA) is 56.0 Å². The van der Waals surface area contributed by atoms with Gasteiger partial charge in [0.25, 0.3) is 0 Å². The molecule has 0 atom stereocenters. The third kappa shape index (κ3) is 2.12. The molecule has 0 radical (unpaired) electrons. The van der Waals surface area contributed by atoms with Crippen molar-refractivity contribution in [2.75, 3.05) is 0 Å². The quantitative estimate of drug-likeness (QED) is 0.729. The van der Waals surface area contributed by atoms with Gasteiger partial charge < -0.3 is 5.73 Å². The molecule has 3 aromatic rings. The lowest BCUT2D eigenvalue weighted by Crippen LogP contribution is -2.12. The van der Waals surface area contributed by atoms with Crippen molar-refractivity contribution in [1.29, 1.82) is 0 Å². The molecule has 0 aliphatic carbocycles. The van der Waals surface area contributed by atoms with E-state index in [1.807, 2.05) is 42.5 Å². The van der Waals surface area contributed by atoms with Crippen molar-refractivity contribution in [1.82, 2.24) is 4.98 Å². The molecule has 0 aliphatic rings. The van der Waals surface area contributed by atoms with Crippen molar-refractivity contribution in [3.63, 3.8) is 0 Å². The first-order valence-corrected chi connectivity index (χ1v) is 6.49. The van der Waals surface area contributed by atoms with E-state index >= 15 is 0 Å². The number of benzene rings is 2. The molecule has 0 spiro atoms. The maximum absolute atomic E-state index is 11.5. The first-order chi connectivity index (χ1) is 9.66. The fourth-order valence-electron chi connectivity index (χ4n) is 2.21. The Morgan fingerprint density at radius 1 is 1.00 bits per heavy atom. The molecular weight excluding hydrogens is 272 g/mol. The number of nitrogens with zero attached hydrogens (tertiary/aromatic N) is 1. The van der Waals surface area contributed by atoms with Crippen LogP contribution in [0.3, 0.4) is 0 Å². The van der Waals surface area contributed by atoms with Crippen LogP contribution in [0.15, 0.2) is 54.6 Å². The molecule has 2 aromatic carbocycles. The highest BCUT2D eigenvalue weighted by Crippen LogP contribution is 2.31. The van der Waals surface area contributed by atoms with Crippen LogP contribution in [0.1, 0.15) is 10.4 Å². The summed E-state index contributed by atoms with van der Waals surface area (Å²) in [5.41, 5.74) is 8.07. The summed E-state index contributed by atoms with van der Waals surface area (Å²) < 4.78 is 0. The molecule has 0 aliphatic heterocycles. The summed E-state index contributed by atoms with van der Waals surface area (Å²) in [5.74, 6) is -0.482. The zero-order valence-corrected chi connectivity index (χ0v) is 11.3. The minimum Gasteiger partial charge on any atom is -0.366 e. The van der Waals surface area contributed by atoms with Gasteiger partial charge in [-0.25, -0.2) is 4.98 Å². The van der Waals surface area contributed by atoms with Crippen LogP contribution in [0.4, 0.5) is 0 Å². The predicted molar refractivity (Wildman–Crippen MR) is 80.7 cm³/mol. The Kier molecular flexibility index (Phi) is 3.12. The van der Waals surface area contributed by atoms with Crippen LogP contribution in [0.5, 0.6) is 0 Å². The van der Waals surface area contributed by atoms with E-state index in [1.54, 1.807) is 12.1 Å². The third-order valence-electron chi connectivity index (χ3n) is 3.16. The van der Waals surface area contributed by atoms with Gasteiger partial charge in [-0.15, -0.1) is 0 Å². The Bertz CT molecular complexity index is 814. The van der Waals surface area contributed by atoms with Crippen LogP contribution in [-0.2, 0) is 0 Å². The fourth-order valence-corrected chi connectivity index (χ4v) is 2.46. The summed E-state index contributed by atoms with van der Waals surface area (Å²) in [7, 11) is 0. The Labute approximate surface area is 121 Å². The number of aromatic nitrogens is 1. The number of carbonyl (C=O) groups excluding carboxylic acids is 1. The Morgan fingerprint density at radius 2 is 1.70 bits per heavy atom. The normalized spacial score (nSPS) is 10.7. The average molecular weight is 283 g/mol. The second kappa shape index (κ2) is 4.94. The fraction of sp³-hybridized carbons (Fsp3) is 0. The van der Waals surface area contributed by atoms with Crippen molar-refractivity contribution in [3.05, 3.63) is 65.3 Å². The lowest BCUT2D eigenvalue weighted by atomic mass is 9.99. The van der Waals surface area contributed by atoms with E-state index in [4.69, 9.17) is 17.3 Å². The van der Waals surface area contributed by atoms with Gasteiger partial charge in [-0.2, -0.15) is 0 Å². The van der Waals surface area contributed by atoms with Crippen molar-refractivity contribution in [3.8, 4) is 11.1 Å². The number of rotatable bonds is 2. The highest BCUT2D eigenvalue weighted by atomic mass is 35.5. The third-order valence-corrected chi connectivity index (χ3v) is 3.45. The van der Waals surface area contributed by atoms with Crippen molar-refractivity contribution < 1.29 is 4.79 Å². The van der Waals surface area contributed by atoms with Gasteiger partial charge in [0.15, 0.2) is 0 Å². The van der Waals surface area contributed by atoms with E-state index in [0.29, 0.717) is 21.8 Å². The molecule has 1 aromatic heterocycles. The smallest absolute Gasteiger partial charge is 0.249 e. The molecule has 0 fully saturated rings.